The van der Waals surface area contributed by atoms with E-state index in [1.165, 1.54) is 0 Å². The van der Waals surface area contributed by atoms with Crippen molar-refractivity contribution in [3.8, 4) is 6.07 Å². The Labute approximate surface area is 167 Å². The fraction of sp³-hybridized carbons (Fsp3) is 0.364. The van der Waals surface area contributed by atoms with E-state index >= 15 is 0 Å². The van der Waals surface area contributed by atoms with Gasteiger partial charge in [0.2, 0.25) is 0 Å². The molecule has 3 aromatic heterocycles. The summed E-state index contributed by atoms with van der Waals surface area (Å²) >= 11 is 0. The number of fused-ring (bicyclic) bond motifs is 3. The third-order valence-electron chi connectivity index (χ3n) is 5.56. The van der Waals surface area contributed by atoms with Gasteiger partial charge in [-0.1, -0.05) is 5.16 Å². The van der Waals surface area contributed by atoms with Gasteiger partial charge in [0.1, 0.15) is 17.1 Å². The Morgan fingerprint density at radius 1 is 1.28 bits per heavy atom. The smallest absolute Gasteiger partial charge is 0.133 e. The van der Waals surface area contributed by atoms with Gasteiger partial charge in [0.25, 0.3) is 0 Å². The molecule has 0 saturated carbocycles. The summed E-state index contributed by atoms with van der Waals surface area (Å²) in [7, 11) is 0. The van der Waals surface area contributed by atoms with Gasteiger partial charge in [-0.2, -0.15) is 5.26 Å². The largest absolute Gasteiger partial charge is 0.378 e. The van der Waals surface area contributed by atoms with Crippen molar-refractivity contribution in [1.82, 2.24) is 19.7 Å². The highest BCUT2D eigenvalue weighted by atomic mass is 16.5. The first-order chi connectivity index (χ1) is 14.1. The lowest BCUT2D eigenvalue weighted by molar-refractivity contribution is 0.00630. The Morgan fingerprint density at radius 2 is 2.17 bits per heavy atom. The molecule has 0 amide bonds. The van der Waals surface area contributed by atoms with Crippen LogP contribution in [0.25, 0.3) is 21.9 Å². The molecular formula is C22H21N5O2. The minimum Gasteiger partial charge on any atom is -0.378 e. The highest BCUT2D eigenvalue weighted by molar-refractivity contribution is 6.02. The standard InChI is InChI=1S/C22H21N5O2/c1-13-8-17(5-6-28-13)27-21(10-16-7-14(2)29-26-16)25-20-12-24-19-4-3-15(11-23)9-18(19)22(20)27/h3-4,7,9,12-13,17H,5-6,8,10H2,1-2H3/t13-,17-/m1/s1. The van der Waals surface area contributed by atoms with Crippen LogP contribution in [-0.2, 0) is 11.2 Å². The maximum absolute atomic E-state index is 9.40. The number of hydrogen-bond donors (Lipinski definition) is 0. The number of nitriles is 1. The lowest BCUT2D eigenvalue weighted by Gasteiger charge is -2.30. The number of pyridine rings is 1. The van der Waals surface area contributed by atoms with Crippen molar-refractivity contribution in [2.45, 2.75) is 45.3 Å². The SMILES string of the molecule is Cc1cc(Cc2nc3cnc4ccc(C#N)cc4c3n2[C@@H]2CCO[C@H](C)C2)no1. The van der Waals surface area contributed by atoms with Gasteiger partial charge in [-0.25, -0.2) is 4.98 Å². The molecule has 0 radical (unpaired) electrons. The molecule has 5 rings (SSSR count). The molecule has 2 atom stereocenters. The quantitative estimate of drug-likeness (QED) is 0.526. The Hall–Kier alpha value is -3.24. The van der Waals surface area contributed by atoms with E-state index in [-0.39, 0.29) is 12.1 Å². The number of ether oxygens (including phenoxy) is 1. The first-order valence-electron chi connectivity index (χ1n) is 9.86. The number of hydrogen-bond acceptors (Lipinski definition) is 6. The number of rotatable bonds is 3. The average molecular weight is 387 g/mol. The zero-order valence-electron chi connectivity index (χ0n) is 16.4. The van der Waals surface area contributed by atoms with Crippen LogP contribution in [0.15, 0.2) is 35.0 Å². The number of benzene rings is 1. The van der Waals surface area contributed by atoms with E-state index in [1.807, 2.05) is 31.3 Å². The maximum atomic E-state index is 9.40. The Balaban J connectivity index is 1.75. The maximum Gasteiger partial charge on any atom is 0.133 e. The first kappa shape index (κ1) is 17.8. The van der Waals surface area contributed by atoms with Gasteiger partial charge in [0, 0.05) is 24.1 Å². The first-order valence-corrected chi connectivity index (χ1v) is 9.86. The van der Waals surface area contributed by atoms with Gasteiger partial charge in [-0.05, 0) is 44.9 Å². The summed E-state index contributed by atoms with van der Waals surface area (Å²) in [6.07, 6.45) is 4.43. The van der Waals surface area contributed by atoms with Gasteiger partial charge < -0.3 is 13.8 Å². The van der Waals surface area contributed by atoms with Gasteiger partial charge in [0.15, 0.2) is 0 Å². The number of aromatic nitrogens is 4. The van der Waals surface area contributed by atoms with Crippen LogP contribution in [0, 0.1) is 18.3 Å². The topological polar surface area (TPSA) is 89.8 Å². The molecule has 1 fully saturated rings. The summed E-state index contributed by atoms with van der Waals surface area (Å²) in [4.78, 5) is 9.48. The van der Waals surface area contributed by atoms with Crippen molar-refractivity contribution in [3.63, 3.8) is 0 Å². The van der Waals surface area contributed by atoms with Crippen molar-refractivity contribution < 1.29 is 9.26 Å². The molecule has 1 aliphatic heterocycles. The molecule has 1 saturated heterocycles. The van der Waals surface area contributed by atoms with Crippen LogP contribution >= 0.6 is 0 Å². The van der Waals surface area contributed by atoms with Crippen molar-refractivity contribution >= 4 is 21.9 Å². The van der Waals surface area contributed by atoms with Crippen LogP contribution < -0.4 is 0 Å². The monoisotopic (exact) mass is 387 g/mol. The molecule has 146 valence electrons. The van der Waals surface area contributed by atoms with E-state index in [0.29, 0.717) is 12.0 Å². The highest BCUT2D eigenvalue weighted by Crippen LogP contribution is 2.34. The predicted molar refractivity (Wildman–Crippen MR) is 107 cm³/mol. The van der Waals surface area contributed by atoms with Crippen LogP contribution in [0.5, 0.6) is 0 Å². The summed E-state index contributed by atoms with van der Waals surface area (Å²) in [6, 6.07) is 10.1. The molecule has 29 heavy (non-hydrogen) atoms. The van der Waals surface area contributed by atoms with Crippen LogP contribution in [0.1, 0.15) is 48.6 Å². The Bertz CT molecular complexity index is 1250. The molecular weight excluding hydrogens is 366 g/mol. The fourth-order valence-electron chi connectivity index (χ4n) is 4.28. The number of aryl methyl sites for hydroxylation is 1. The van der Waals surface area contributed by atoms with E-state index in [0.717, 1.165) is 58.7 Å². The third kappa shape index (κ3) is 3.15. The average Bonchev–Trinajstić information content (AvgIpc) is 3.30. The molecule has 1 aliphatic rings. The lowest BCUT2D eigenvalue weighted by Crippen LogP contribution is -2.26. The molecule has 0 bridgehead atoms. The summed E-state index contributed by atoms with van der Waals surface area (Å²) in [5.74, 6) is 1.72. The number of imidazole rings is 1. The van der Waals surface area contributed by atoms with Gasteiger partial charge in [0.05, 0.1) is 47.1 Å². The van der Waals surface area contributed by atoms with Crippen LogP contribution in [0.4, 0.5) is 0 Å². The van der Waals surface area contributed by atoms with Crippen molar-refractivity contribution in [2.24, 2.45) is 0 Å². The molecule has 0 aliphatic carbocycles. The third-order valence-corrected chi connectivity index (χ3v) is 5.56. The molecule has 4 aromatic rings. The van der Waals surface area contributed by atoms with E-state index in [9.17, 15) is 5.26 Å². The summed E-state index contributed by atoms with van der Waals surface area (Å²) < 4.78 is 13.4. The van der Waals surface area contributed by atoms with E-state index in [1.54, 1.807) is 6.07 Å². The van der Waals surface area contributed by atoms with E-state index in [4.69, 9.17) is 14.2 Å². The minimum atomic E-state index is 0.191. The molecule has 7 nitrogen and oxygen atoms in total. The molecule has 7 heteroatoms. The Kier molecular flexibility index (Phi) is 4.29. The summed E-state index contributed by atoms with van der Waals surface area (Å²) in [5.41, 5.74) is 4.20. The predicted octanol–water partition coefficient (Wildman–Crippen LogP) is 4.08. The van der Waals surface area contributed by atoms with Crippen molar-refractivity contribution in [2.75, 3.05) is 6.61 Å². The van der Waals surface area contributed by atoms with Crippen molar-refractivity contribution in [3.05, 3.63) is 53.3 Å². The normalized spacial score (nSPS) is 19.6. The second-order valence-electron chi connectivity index (χ2n) is 7.70. The lowest BCUT2D eigenvalue weighted by atomic mass is 10.0. The van der Waals surface area contributed by atoms with E-state index < -0.39 is 0 Å². The summed E-state index contributed by atoms with van der Waals surface area (Å²) in [5, 5.41) is 14.5. The molecule has 1 aromatic carbocycles. The Morgan fingerprint density at radius 3 is 2.93 bits per heavy atom. The highest BCUT2D eigenvalue weighted by Gasteiger charge is 2.26. The van der Waals surface area contributed by atoms with Crippen LogP contribution in [0.3, 0.4) is 0 Å². The molecule has 0 N–H and O–H groups in total. The second kappa shape index (κ2) is 6.98. The van der Waals surface area contributed by atoms with Gasteiger partial charge >= 0.3 is 0 Å². The van der Waals surface area contributed by atoms with Gasteiger partial charge in [-0.15, -0.1) is 0 Å². The molecule has 0 unspecified atom stereocenters. The zero-order valence-corrected chi connectivity index (χ0v) is 16.4. The second-order valence-corrected chi connectivity index (χ2v) is 7.70. The summed E-state index contributed by atoms with van der Waals surface area (Å²) in [6.45, 7) is 4.72. The van der Waals surface area contributed by atoms with Crippen LogP contribution in [-0.4, -0.2) is 32.4 Å². The van der Waals surface area contributed by atoms with Crippen LogP contribution in [0.2, 0.25) is 0 Å². The zero-order chi connectivity index (χ0) is 20.0. The molecule has 0 spiro atoms. The number of nitrogens with zero attached hydrogens (tertiary/aromatic N) is 5. The van der Waals surface area contributed by atoms with Crippen molar-refractivity contribution in [1.29, 1.82) is 5.26 Å². The molecule has 4 heterocycles. The fourth-order valence-corrected chi connectivity index (χ4v) is 4.28. The minimum absolute atomic E-state index is 0.191. The van der Waals surface area contributed by atoms with Gasteiger partial charge in [-0.3, -0.25) is 4.98 Å². The van der Waals surface area contributed by atoms with E-state index in [2.05, 4.69) is 27.7 Å².